The van der Waals surface area contributed by atoms with Gasteiger partial charge in [0.2, 0.25) is 0 Å². The fourth-order valence-corrected chi connectivity index (χ4v) is 1.90. The summed E-state index contributed by atoms with van der Waals surface area (Å²) in [5.41, 5.74) is 0. The molecular formula is C11H16N2O7. The van der Waals surface area contributed by atoms with Gasteiger partial charge >= 0.3 is 6.09 Å². The summed E-state index contributed by atoms with van der Waals surface area (Å²) in [6, 6.07) is 0. The number of hydrogen-bond donors (Lipinski definition) is 4. The third-order valence-corrected chi connectivity index (χ3v) is 3.08. The van der Waals surface area contributed by atoms with E-state index in [2.05, 4.69) is 4.98 Å². The van der Waals surface area contributed by atoms with Gasteiger partial charge in [0.25, 0.3) is 0 Å². The van der Waals surface area contributed by atoms with Crippen molar-refractivity contribution in [3.8, 4) is 0 Å². The van der Waals surface area contributed by atoms with E-state index in [4.69, 9.17) is 9.47 Å². The molecule has 1 aliphatic heterocycles. The van der Waals surface area contributed by atoms with Gasteiger partial charge in [-0.1, -0.05) is 0 Å². The van der Waals surface area contributed by atoms with Crippen LogP contribution in [0.4, 0.5) is 4.79 Å². The average molecular weight is 288 g/mol. The Bertz CT molecular complexity index is 461. The van der Waals surface area contributed by atoms with Crippen LogP contribution in [0.25, 0.3) is 0 Å². The van der Waals surface area contributed by atoms with E-state index >= 15 is 0 Å². The Morgan fingerprint density at radius 2 is 2.15 bits per heavy atom. The van der Waals surface area contributed by atoms with Crippen LogP contribution >= 0.6 is 0 Å². The van der Waals surface area contributed by atoms with Gasteiger partial charge < -0.3 is 29.9 Å². The fourth-order valence-electron chi connectivity index (χ4n) is 1.90. The van der Waals surface area contributed by atoms with E-state index < -0.39 is 42.9 Å². The van der Waals surface area contributed by atoms with Crippen LogP contribution in [0.5, 0.6) is 0 Å². The summed E-state index contributed by atoms with van der Waals surface area (Å²) in [4.78, 5) is 15.2. The maximum Gasteiger partial charge on any atom is 0.419 e. The minimum absolute atomic E-state index is 0.405. The largest absolute Gasteiger partial charge is 0.446 e. The van der Waals surface area contributed by atoms with E-state index in [9.17, 15) is 25.2 Å². The Hall–Kier alpha value is -1.52. The molecule has 5 unspecified atom stereocenters. The van der Waals surface area contributed by atoms with Crippen molar-refractivity contribution in [2.75, 3.05) is 6.61 Å². The Balaban J connectivity index is 1.97. The molecule has 2 heterocycles. The van der Waals surface area contributed by atoms with Crippen LogP contribution in [-0.2, 0) is 9.47 Å². The summed E-state index contributed by atoms with van der Waals surface area (Å²) < 4.78 is 11.0. The molecule has 1 fully saturated rings. The maximum atomic E-state index is 11.6. The number of rotatable bonds is 2. The molecule has 9 nitrogen and oxygen atoms in total. The number of aliphatic hydroxyl groups excluding tert-OH is 3. The van der Waals surface area contributed by atoms with Gasteiger partial charge in [-0.3, -0.25) is 0 Å². The van der Waals surface area contributed by atoms with E-state index in [0.29, 0.717) is 0 Å². The number of hydrogen-bond acceptors (Lipinski definition) is 8. The molecule has 0 radical (unpaired) electrons. The molecule has 2 rings (SSSR count). The zero-order valence-corrected chi connectivity index (χ0v) is 10.7. The first-order valence-electron chi connectivity index (χ1n) is 5.92. The third kappa shape index (κ3) is 2.81. The van der Waals surface area contributed by atoms with Crippen molar-refractivity contribution < 1.29 is 34.7 Å². The van der Waals surface area contributed by atoms with Gasteiger partial charge in [0.05, 0.1) is 0 Å². The number of imidazole rings is 1. The predicted octanol–water partition coefficient (Wildman–Crippen LogP) is -1.94. The number of aliphatic hydroxyl groups is 4. The SMILES string of the molecule is CC1(O)OC(COC(=O)n2ccnc2)C(O)C(O)C1O. The monoisotopic (exact) mass is 288 g/mol. The Morgan fingerprint density at radius 3 is 2.75 bits per heavy atom. The number of carbonyl (C=O) groups excluding carboxylic acids is 1. The summed E-state index contributed by atoms with van der Waals surface area (Å²) in [7, 11) is 0. The van der Waals surface area contributed by atoms with Crippen molar-refractivity contribution in [1.82, 2.24) is 9.55 Å². The molecule has 4 N–H and O–H groups in total. The topological polar surface area (TPSA) is 134 Å². The Labute approximate surface area is 114 Å². The molecule has 112 valence electrons. The molecule has 0 aliphatic carbocycles. The lowest BCUT2D eigenvalue weighted by atomic mass is 9.94. The van der Waals surface area contributed by atoms with Crippen molar-refractivity contribution >= 4 is 6.09 Å². The zero-order chi connectivity index (χ0) is 14.9. The summed E-state index contributed by atoms with van der Waals surface area (Å²) in [6.45, 7) is 0.732. The van der Waals surface area contributed by atoms with Crippen LogP contribution < -0.4 is 0 Å². The van der Waals surface area contributed by atoms with E-state index in [1.165, 1.54) is 18.7 Å². The molecule has 0 aromatic carbocycles. The quantitative estimate of drug-likeness (QED) is 0.493. The Morgan fingerprint density at radius 1 is 1.45 bits per heavy atom. The highest BCUT2D eigenvalue weighted by molar-refractivity contribution is 5.69. The van der Waals surface area contributed by atoms with Crippen molar-refractivity contribution in [3.63, 3.8) is 0 Å². The van der Waals surface area contributed by atoms with Gasteiger partial charge in [0.15, 0.2) is 5.79 Å². The zero-order valence-electron chi connectivity index (χ0n) is 10.7. The van der Waals surface area contributed by atoms with E-state index in [0.717, 1.165) is 11.5 Å². The highest BCUT2D eigenvalue weighted by Gasteiger charge is 2.50. The lowest BCUT2D eigenvalue weighted by Crippen LogP contribution is -2.64. The molecule has 1 aromatic rings. The van der Waals surface area contributed by atoms with E-state index in [-0.39, 0.29) is 0 Å². The van der Waals surface area contributed by atoms with Crippen molar-refractivity contribution in [3.05, 3.63) is 18.7 Å². The molecule has 1 saturated heterocycles. The summed E-state index contributed by atoms with van der Waals surface area (Å²) in [6.07, 6.45) is -2.72. The molecule has 20 heavy (non-hydrogen) atoms. The van der Waals surface area contributed by atoms with Crippen LogP contribution in [0.15, 0.2) is 18.7 Å². The van der Waals surface area contributed by atoms with E-state index in [1.54, 1.807) is 0 Å². The highest BCUT2D eigenvalue weighted by Crippen LogP contribution is 2.27. The van der Waals surface area contributed by atoms with Crippen molar-refractivity contribution in [2.24, 2.45) is 0 Å². The van der Waals surface area contributed by atoms with Crippen LogP contribution in [0, 0.1) is 0 Å². The first-order chi connectivity index (χ1) is 9.33. The summed E-state index contributed by atoms with van der Waals surface area (Å²) >= 11 is 0. The molecule has 1 aromatic heterocycles. The number of aromatic nitrogens is 2. The van der Waals surface area contributed by atoms with Gasteiger partial charge in [-0.2, -0.15) is 0 Å². The molecule has 5 atom stereocenters. The molecule has 1 aliphatic rings. The standard InChI is InChI=1S/C11H16N2O7/c1-11(18)9(16)8(15)7(14)6(20-11)4-19-10(17)13-3-2-12-5-13/h2-3,5-9,14-16,18H,4H2,1H3. The first-order valence-corrected chi connectivity index (χ1v) is 5.92. The molecule has 0 saturated carbocycles. The van der Waals surface area contributed by atoms with Crippen molar-refractivity contribution in [1.29, 1.82) is 0 Å². The average Bonchev–Trinajstić information content (AvgIpc) is 2.93. The van der Waals surface area contributed by atoms with Crippen LogP contribution in [0.3, 0.4) is 0 Å². The third-order valence-electron chi connectivity index (χ3n) is 3.08. The minimum atomic E-state index is -2.05. The molecular weight excluding hydrogens is 272 g/mol. The second kappa shape index (κ2) is 5.46. The number of ether oxygens (including phenoxy) is 2. The lowest BCUT2D eigenvalue weighted by molar-refractivity contribution is -0.340. The van der Waals surface area contributed by atoms with Gasteiger partial charge in [-0.05, 0) is 6.92 Å². The summed E-state index contributed by atoms with van der Waals surface area (Å²) in [5.74, 6) is -2.05. The highest BCUT2D eigenvalue weighted by atomic mass is 16.7. The number of carbonyl (C=O) groups is 1. The minimum Gasteiger partial charge on any atom is -0.446 e. The molecule has 0 spiro atoms. The number of nitrogens with zero attached hydrogens (tertiary/aromatic N) is 2. The van der Waals surface area contributed by atoms with Gasteiger partial charge in [0.1, 0.15) is 37.4 Å². The second-order valence-electron chi connectivity index (χ2n) is 4.68. The van der Waals surface area contributed by atoms with Gasteiger partial charge in [-0.25, -0.2) is 14.3 Å². The van der Waals surface area contributed by atoms with Crippen LogP contribution in [-0.4, -0.2) is 72.9 Å². The molecule has 0 bridgehead atoms. The Kier molecular flexibility index (Phi) is 4.06. The normalized spacial score (nSPS) is 37.6. The van der Waals surface area contributed by atoms with Crippen LogP contribution in [0.1, 0.15) is 6.92 Å². The van der Waals surface area contributed by atoms with Crippen LogP contribution in [0.2, 0.25) is 0 Å². The van der Waals surface area contributed by atoms with E-state index in [1.807, 2.05) is 0 Å². The summed E-state index contributed by atoms with van der Waals surface area (Å²) in [5, 5.41) is 38.6. The van der Waals surface area contributed by atoms with Crippen molar-refractivity contribution in [2.45, 2.75) is 37.1 Å². The second-order valence-corrected chi connectivity index (χ2v) is 4.68. The maximum absolute atomic E-state index is 11.6. The van der Waals surface area contributed by atoms with Gasteiger partial charge in [0, 0.05) is 12.4 Å². The smallest absolute Gasteiger partial charge is 0.419 e. The molecule has 0 amide bonds. The molecule has 9 heteroatoms. The fraction of sp³-hybridized carbons (Fsp3) is 0.636. The van der Waals surface area contributed by atoms with Gasteiger partial charge in [-0.15, -0.1) is 0 Å². The lowest BCUT2D eigenvalue weighted by Gasteiger charge is -2.43. The predicted molar refractivity (Wildman–Crippen MR) is 62.5 cm³/mol. The first kappa shape index (κ1) is 14.9.